The SMILES string of the molecule is O=CNc1ccc(N2CCOCC2)nc1. The zero-order valence-electron chi connectivity index (χ0n) is 8.35. The smallest absolute Gasteiger partial charge is 0.211 e. The van der Waals surface area contributed by atoms with Crippen molar-refractivity contribution in [2.45, 2.75) is 0 Å². The Balaban J connectivity index is 2.04. The van der Waals surface area contributed by atoms with Gasteiger partial charge in [-0.1, -0.05) is 0 Å². The summed E-state index contributed by atoms with van der Waals surface area (Å²) in [6.07, 6.45) is 2.30. The van der Waals surface area contributed by atoms with E-state index in [1.54, 1.807) is 6.20 Å². The standard InChI is InChI=1S/C10H13N3O2/c14-8-12-9-1-2-10(11-7-9)13-3-5-15-6-4-13/h1-2,7-8H,3-6H2,(H,12,14). The highest BCUT2D eigenvalue weighted by Crippen LogP contribution is 2.14. The van der Waals surface area contributed by atoms with Crippen LogP contribution >= 0.6 is 0 Å². The van der Waals surface area contributed by atoms with Crippen LogP contribution in [0.2, 0.25) is 0 Å². The van der Waals surface area contributed by atoms with E-state index in [2.05, 4.69) is 15.2 Å². The van der Waals surface area contributed by atoms with E-state index in [-0.39, 0.29) is 0 Å². The first-order valence-electron chi connectivity index (χ1n) is 4.89. The maximum Gasteiger partial charge on any atom is 0.211 e. The average molecular weight is 207 g/mol. The summed E-state index contributed by atoms with van der Waals surface area (Å²) in [5.74, 6) is 0.926. The van der Waals surface area contributed by atoms with Crippen molar-refractivity contribution >= 4 is 17.9 Å². The van der Waals surface area contributed by atoms with Crippen LogP contribution in [0.25, 0.3) is 0 Å². The number of morpholine rings is 1. The fourth-order valence-corrected chi connectivity index (χ4v) is 1.52. The molecule has 0 spiro atoms. The van der Waals surface area contributed by atoms with Gasteiger partial charge in [0.25, 0.3) is 0 Å². The van der Waals surface area contributed by atoms with Gasteiger partial charge >= 0.3 is 0 Å². The lowest BCUT2D eigenvalue weighted by Crippen LogP contribution is -2.36. The number of carbonyl (C=O) groups is 1. The largest absolute Gasteiger partial charge is 0.378 e. The Morgan fingerprint density at radius 2 is 2.20 bits per heavy atom. The van der Waals surface area contributed by atoms with Gasteiger partial charge < -0.3 is 15.0 Å². The van der Waals surface area contributed by atoms with Gasteiger partial charge in [-0.3, -0.25) is 4.79 Å². The van der Waals surface area contributed by atoms with Crippen molar-refractivity contribution in [3.05, 3.63) is 18.3 Å². The number of hydrogen-bond donors (Lipinski definition) is 1. The van der Waals surface area contributed by atoms with Gasteiger partial charge in [0.15, 0.2) is 0 Å². The molecule has 1 N–H and O–H groups in total. The molecule has 80 valence electrons. The fourth-order valence-electron chi connectivity index (χ4n) is 1.52. The normalized spacial score (nSPS) is 16.1. The Hall–Kier alpha value is -1.62. The first-order chi connectivity index (χ1) is 7.40. The topological polar surface area (TPSA) is 54.5 Å². The molecule has 0 atom stereocenters. The molecule has 2 heterocycles. The van der Waals surface area contributed by atoms with Gasteiger partial charge in [-0.25, -0.2) is 4.98 Å². The predicted molar refractivity (Wildman–Crippen MR) is 57.0 cm³/mol. The molecule has 1 aliphatic rings. The summed E-state index contributed by atoms with van der Waals surface area (Å²) in [5, 5.41) is 2.55. The van der Waals surface area contributed by atoms with E-state index in [9.17, 15) is 4.79 Å². The number of pyridine rings is 1. The molecule has 0 aromatic carbocycles. The predicted octanol–water partition coefficient (Wildman–Crippen LogP) is 0.486. The minimum absolute atomic E-state index is 0.644. The maximum atomic E-state index is 10.2. The molecule has 2 rings (SSSR count). The molecule has 1 aromatic heterocycles. The fraction of sp³-hybridized carbons (Fsp3) is 0.400. The van der Waals surface area contributed by atoms with Gasteiger partial charge in [0.05, 0.1) is 25.1 Å². The third-order valence-electron chi connectivity index (χ3n) is 2.31. The molecule has 1 aliphatic heterocycles. The summed E-state index contributed by atoms with van der Waals surface area (Å²) in [6, 6.07) is 3.74. The molecule has 1 saturated heterocycles. The Kier molecular flexibility index (Phi) is 3.14. The molecule has 0 bridgehead atoms. The molecule has 5 nitrogen and oxygen atoms in total. The van der Waals surface area contributed by atoms with Gasteiger partial charge in [0.2, 0.25) is 6.41 Å². The second kappa shape index (κ2) is 4.75. The van der Waals surface area contributed by atoms with Crippen LogP contribution in [0.15, 0.2) is 18.3 Å². The van der Waals surface area contributed by atoms with Gasteiger partial charge in [0, 0.05) is 13.1 Å². The molecular weight excluding hydrogens is 194 g/mol. The number of nitrogens with one attached hydrogen (secondary N) is 1. The van der Waals surface area contributed by atoms with E-state index in [0.29, 0.717) is 12.1 Å². The summed E-state index contributed by atoms with van der Waals surface area (Å²) in [5.41, 5.74) is 0.710. The number of ether oxygens (including phenoxy) is 1. The maximum absolute atomic E-state index is 10.2. The minimum atomic E-state index is 0.644. The molecule has 15 heavy (non-hydrogen) atoms. The van der Waals surface area contributed by atoms with Gasteiger partial charge in [-0.2, -0.15) is 0 Å². The van der Waals surface area contributed by atoms with E-state index in [4.69, 9.17) is 4.74 Å². The summed E-state index contributed by atoms with van der Waals surface area (Å²) in [6.45, 7) is 3.23. The highest BCUT2D eigenvalue weighted by atomic mass is 16.5. The highest BCUT2D eigenvalue weighted by molar-refractivity contribution is 5.71. The van der Waals surface area contributed by atoms with Crippen LogP contribution in [-0.2, 0) is 9.53 Å². The number of nitrogens with zero attached hydrogens (tertiary/aromatic N) is 2. The van der Waals surface area contributed by atoms with Gasteiger partial charge in [-0.05, 0) is 12.1 Å². The summed E-state index contributed by atoms with van der Waals surface area (Å²) < 4.78 is 5.26. The quantitative estimate of drug-likeness (QED) is 0.733. The van der Waals surface area contributed by atoms with E-state index < -0.39 is 0 Å². The number of rotatable bonds is 3. The summed E-state index contributed by atoms with van der Waals surface area (Å²) >= 11 is 0. The Morgan fingerprint density at radius 1 is 1.40 bits per heavy atom. The molecule has 0 unspecified atom stereocenters. The van der Waals surface area contributed by atoms with Crippen molar-refractivity contribution in [2.75, 3.05) is 36.5 Å². The number of anilines is 2. The second-order valence-corrected chi connectivity index (χ2v) is 3.27. The molecule has 0 radical (unpaired) electrons. The van der Waals surface area contributed by atoms with Gasteiger partial charge in [0.1, 0.15) is 5.82 Å². The second-order valence-electron chi connectivity index (χ2n) is 3.27. The molecule has 5 heteroatoms. The van der Waals surface area contributed by atoms with Gasteiger partial charge in [-0.15, -0.1) is 0 Å². The zero-order chi connectivity index (χ0) is 10.5. The molecule has 1 aromatic rings. The number of carbonyl (C=O) groups excluding carboxylic acids is 1. The third-order valence-corrected chi connectivity index (χ3v) is 2.31. The summed E-state index contributed by atoms with van der Waals surface area (Å²) in [7, 11) is 0. The lowest BCUT2D eigenvalue weighted by Gasteiger charge is -2.27. The molecular formula is C10H13N3O2. The molecule has 0 saturated carbocycles. The van der Waals surface area contributed by atoms with Crippen LogP contribution in [0.3, 0.4) is 0 Å². The van der Waals surface area contributed by atoms with E-state index in [1.807, 2.05) is 12.1 Å². The highest BCUT2D eigenvalue weighted by Gasteiger charge is 2.11. The average Bonchev–Trinajstić information content (AvgIpc) is 2.32. The number of hydrogen-bond acceptors (Lipinski definition) is 4. The monoisotopic (exact) mass is 207 g/mol. The van der Waals surface area contributed by atoms with E-state index in [1.165, 1.54) is 0 Å². The number of aromatic nitrogens is 1. The van der Waals surface area contributed by atoms with Crippen LogP contribution in [0.4, 0.5) is 11.5 Å². The van der Waals surface area contributed by atoms with Crippen LogP contribution in [0.1, 0.15) is 0 Å². The van der Waals surface area contributed by atoms with Crippen LogP contribution in [0, 0.1) is 0 Å². The third kappa shape index (κ3) is 2.44. The van der Waals surface area contributed by atoms with Crippen molar-refractivity contribution in [2.24, 2.45) is 0 Å². The summed E-state index contributed by atoms with van der Waals surface area (Å²) in [4.78, 5) is 16.6. The zero-order valence-corrected chi connectivity index (χ0v) is 8.35. The van der Waals surface area contributed by atoms with Crippen LogP contribution in [-0.4, -0.2) is 37.7 Å². The van der Waals surface area contributed by atoms with Crippen LogP contribution in [0.5, 0.6) is 0 Å². The van der Waals surface area contributed by atoms with Crippen molar-refractivity contribution < 1.29 is 9.53 Å². The molecule has 0 aliphatic carbocycles. The van der Waals surface area contributed by atoms with Crippen molar-refractivity contribution in [1.82, 2.24) is 4.98 Å². The van der Waals surface area contributed by atoms with Crippen molar-refractivity contribution in [3.8, 4) is 0 Å². The number of amides is 1. The molecule has 1 fully saturated rings. The lowest BCUT2D eigenvalue weighted by molar-refractivity contribution is -0.105. The molecule has 1 amide bonds. The Labute approximate surface area is 88.1 Å². The first kappa shape index (κ1) is 9.92. The lowest BCUT2D eigenvalue weighted by atomic mass is 10.3. The van der Waals surface area contributed by atoms with E-state index in [0.717, 1.165) is 32.1 Å². The minimum Gasteiger partial charge on any atom is -0.378 e. The van der Waals surface area contributed by atoms with Crippen LogP contribution < -0.4 is 10.2 Å². The first-order valence-corrected chi connectivity index (χ1v) is 4.89. The van der Waals surface area contributed by atoms with Crippen molar-refractivity contribution in [3.63, 3.8) is 0 Å². The Morgan fingerprint density at radius 3 is 2.80 bits per heavy atom. The van der Waals surface area contributed by atoms with E-state index >= 15 is 0 Å². The van der Waals surface area contributed by atoms with Crippen molar-refractivity contribution in [1.29, 1.82) is 0 Å². The Bertz CT molecular complexity index is 320.